The van der Waals surface area contributed by atoms with E-state index in [1.165, 1.54) is 70.6 Å². The molecule has 0 heterocycles. The molecule has 3 rings (SSSR count). The van der Waals surface area contributed by atoms with Gasteiger partial charge in [0.05, 0.1) is 6.61 Å². The van der Waals surface area contributed by atoms with Crippen molar-refractivity contribution in [2.75, 3.05) is 12.8 Å². The summed E-state index contributed by atoms with van der Waals surface area (Å²) >= 11 is 0. The van der Waals surface area contributed by atoms with E-state index in [0.717, 1.165) is 68.3 Å². The SMILES string of the molecule is CCCC1CCC(C2CCC(c3ccc(OCCCCCCCCCCCP(=O)(O)O)cc3F)CC2)CC1. The lowest BCUT2D eigenvalue weighted by atomic mass is 9.68. The van der Waals surface area contributed by atoms with Crippen LogP contribution >= 0.6 is 7.60 Å². The molecule has 2 fully saturated rings. The van der Waals surface area contributed by atoms with Gasteiger partial charge in [0.2, 0.25) is 0 Å². The van der Waals surface area contributed by atoms with Gasteiger partial charge in [0, 0.05) is 12.2 Å². The van der Waals surface area contributed by atoms with Crippen LogP contribution in [-0.2, 0) is 4.57 Å². The summed E-state index contributed by atoms with van der Waals surface area (Å²) in [6.07, 6.45) is 22.6. The van der Waals surface area contributed by atoms with E-state index in [4.69, 9.17) is 14.5 Å². The fraction of sp³-hybridized carbons (Fsp3) is 0.812. The zero-order valence-corrected chi connectivity index (χ0v) is 24.8. The second-order valence-electron chi connectivity index (χ2n) is 12.3. The lowest BCUT2D eigenvalue weighted by Crippen LogP contribution is -2.25. The molecule has 0 aromatic heterocycles. The summed E-state index contributed by atoms with van der Waals surface area (Å²) in [5.41, 5.74) is 0.893. The highest BCUT2D eigenvalue weighted by Crippen LogP contribution is 2.45. The van der Waals surface area contributed by atoms with Crippen molar-refractivity contribution < 1.29 is 23.5 Å². The van der Waals surface area contributed by atoms with E-state index in [2.05, 4.69) is 6.92 Å². The summed E-state index contributed by atoms with van der Waals surface area (Å²) in [4.78, 5) is 17.7. The monoisotopic (exact) mass is 552 g/mol. The molecule has 0 atom stereocenters. The molecule has 0 aliphatic heterocycles. The van der Waals surface area contributed by atoms with Gasteiger partial charge in [-0.25, -0.2) is 4.39 Å². The lowest BCUT2D eigenvalue weighted by molar-refractivity contribution is 0.156. The number of hydrogen-bond acceptors (Lipinski definition) is 2. The first-order chi connectivity index (χ1) is 18.4. The highest BCUT2D eigenvalue weighted by atomic mass is 31.2. The predicted molar refractivity (Wildman–Crippen MR) is 155 cm³/mol. The number of ether oxygens (including phenoxy) is 1. The second kappa shape index (κ2) is 17.0. The third-order valence-electron chi connectivity index (χ3n) is 9.30. The molecule has 2 saturated carbocycles. The molecule has 2 aliphatic rings. The highest BCUT2D eigenvalue weighted by molar-refractivity contribution is 7.51. The number of unbranched alkanes of at least 4 members (excludes halogenated alkanes) is 8. The van der Waals surface area contributed by atoms with Gasteiger partial charge in [0.15, 0.2) is 0 Å². The van der Waals surface area contributed by atoms with Gasteiger partial charge in [-0.3, -0.25) is 4.57 Å². The van der Waals surface area contributed by atoms with E-state index >= 15 is 0 Å². The standard InChI is InChI=1S/C32H54FO4P/c1-2-12-26-13-15-27(16-14-26)28-17-19-29(20-18-28)31-22-21-30(25-32(31)33)37-23-10-8-6-4-3-5-7-9-11-24-38(34,35)36/h21-22,25-29H,2-20,23-24H2,1H3,(H2,34,35,36). The molecular formula is C32H54FO4P. The van der Waals surface area contributed by atoms with E-state index in [1.807, 2.05) is 12.1 Å². The third-order valence-corrected chi connectivity index (χ3v) is 10.2. The molecule has 0 saturated heterocycles. The molecule has 0 radical (unpaired) electrons. The van der Waals surface area contributed by atoms with Gasteiger partial charge in [0.1, 0.15) is 11.6 Å². The van der Waals surface area contributed by atoms with Crippen molar-refractivity contribution in [1.82, 2.24) is 0 Å². The van der Waals surface area contributed by atoms with Crippen LogP contribution in [0.15, 0.2) is 18.2 Å². The first-order valence-electron chi connectivity index (χ1n) is 15.8. The van der Waals surface area contributed by atoms with Gasteiger partial charge in [-0.1, -0.05) is 83.6 Å². The van der Waals surface area contributed by atoms with E-state index in [9.17, 15) is 8.96 Å². The van der Waals surface area contributed by atoms with E-state index < -0.39 is 7.60 Å². The van der Waals surface area contributed by atoms with E-state index in [0.29, 0.717) is 24.7 Å². The van der Waals surface area contributed by atoms with Gasteiger partial charge in [-0.15, -0.1) is 0 Å². The Morgan fingerprint density at radius 3 is 1.92 bits per heavy atom. The summed E-state index contributed by atoms with van der Waals surface area (Å²) in [5.74, 6) is 3.67. The van der Waals surface area contributed by atoms with Crippen LogP contribution in [0, 0.1) is 23.6 Å². The van der Waals surface area contributed by atoms with Crippen LogP contribution in [0.4, 0.5) is 4.39 Å². The highest BCUT2D eigenvalue weighted by Gasteiger charge is 2.31. The molecule has 2 aliphatic carbocycles. The average molecular weight is 553 g/mol. The van der Waals surface area contributed by atoms with Crippen molar-refractivity contribution in [3.05, 3.63) is 29.6 Å². The lowest BCUT2D eigenvalue weighted by Gasteiger charge is -2.38. The fourth-order valence-electron chi connectivity index (χ4n) is 7.03. The zero-order valence-electron chi connectivity index (χ0n) is 23.9. The first kappa shape index (κ1) is 31.6. The molecule has 2 N–H and O–H groups in total. The fourth-order valence-corrected chi connectivity index (χ4v) is 7.67. The molecule has 4 nitrogen and oxygen atoms in total. The van der Waals surface area contributed by atoms with Crippen LogP contribution in [0.3, 0.4) is 0 Å². The number of halogens is 1. The predicted octanol–water partition coefficient (Wildman–Crippen LogP) is 9.77. The van der Waals surface area contributed by atoms with Crippen LogP contribution in [0.2, 0.25) is 0 Å². The Hall–Kier alpha value is -0.900. The van der Waals surface area contributed by atoms with Gasteiger partial charge < -0.3 is 14.5 Å². The van der Waals surface area contributed by atoms with Gasteiger partial charge in [0.25, 0.3) is 0 Å². The minimum Gasteiger partial charge on any atom is -0.493 e. The van der Waals surface area contributed by atoms with Crippen LogP contribution in [0.25, 0.3) is 0 Å². The molecule has 6 heteroatoms. The molecule has 0 amide bonds. The Kier molecular flexibility index (Phi) is 14.2. The number of rotatable bonds is 17. The summed E-state index contributed by atoms with van der Waals surface area (Å²) in [5, 5.41) is 0. The Morgan fingerprint density at radius 1 is 0.816 bits per heavy atom. The summed E-state index contributed by atoms with van der Waals surface area (Å²) in [6.45, 7) is 2.94. The molecule has 1 aromatic carbocycles. The first-order valence-corrected chi connectivity index (χ1v) is 17.6. The quantitative estimate of drug-likeness (QED) is 0.149. The van der Waals surface area contributed by atoms with Crippen LogP contribution in [-0.4, -0.2) is 22.6 Å². The van der Waals surface area contributed by atoms with Crippen molar-refractivity contribution >= 4 is 7.60 Å². The molecule has 218 valence electrons. The second-order valence-corrected chi connectivity index (χ2v) is 14.1. The number of benzene rings is 1. The van der Waals surface area contributed by atoms with Crippen molar-refractivity contribution in [2.24, 2.45) is 17.8 Å². The summed E-state index contributed by atoms with van der Waals surface area (Å²) < 4.78 is 31.6. The molecule has 38 heavy (non-hydrogen) atoms. The summed E-state index contributed by atoms with van der Waals surface area (Å²) in [6, 6.07) is 5.54. The van der Waals surface area contributed by atoms with Gasteiger partial charge >= 0.3 is 7.60 Å². The molecule has 0 spiro atoms. The minimum absolute atomic E-state index is 0.0145. The maximum Gasteiger partial charge on any atom is 0.325 e. The Morgan fingerprint density at radius 2 is 1.37 bits per heavy atom. The maximum absolute atomic E-state index is 15.0. The van der Waals surface area contributed by atoms with Crippen molar-refractivity contribution in [2.45, 2.75) is 135 Å². The Bertz CT molecular complexity index is 825. The molecule has 1 aromatic rings. The van der Waals surface area contributed by atoms with Gasteiger partial charge in [-0.2, -0.15) is 0 Å². The van der Waals surface area contributed by atoms with Crippen molar-refractivity contribution in [3.63, 3.8) is 0 Å². The largest absolute Gasteiger partial charge is 0.493 e. The van der Waals surface area contributed by atoms with Crippen LogP contribution < -0.4 is 4.74 Å². The smallest absolute Gasteiger partial charge is 0.325 e. The maximum atomic E-state index is 15.0. The zero-order chi connectivity index (χ0) is 27.2. The molecule has 0 bridgehead atoms. The van der Waals surface area contributed by atoms with E-state index in [-0.39, 0.29) is 12.0 Å². The Labute approximate surface area is 231 Å². The molecular weight excluding hydrogens is 498 g/mol. The third kappa shape index (κ3) is 11.7. The number of hydrogen-bond donors (Lipinski definition) is 2. The normalized spacial score (nSPS) is 24.4. The van der Waals surface area contributed by atoms with Crippen LogP contribution in [0.5, 0.6) is 5.75 Å². The minimum atomic E-state index is -3.82. The average Bonchev–Trinajstić information content (AvgIpc) is 2.89. The summed E-state index contributed by atoms with van der Waals surface area (Å²) in [7, 11) is -3.82. The topological polar surface area (TPSA) is 66.8 Å². The Balaban J connectivity index is 1.24. The molecule has 0 unspecified atom stereocenters. The van der Waals surface area contributed by atoms with Crippen molar-refractivity contribution in [1.29, 1.82) is 0 Å². The van der Waals surface area contributed by atoms with Gasteiger partial charge in [-0.05, 0) is 86.7 Å². The van der Waals surface area contributed by atoms with Crippen molar-refractivity contribution in [3.8, 4) is 5.75 Å². The van der Waals surface area contributed by atoms with Crippen LogP contribution in [0.1, 0.15) is 140 Å². The van der Waals surface area contributed by atoms with E-state index in [1.54, 1.807) is 6.07 Å².